The van der Waals surface area contributed by atoms with Gasteiger partial charge in [-0.25, -0.2) is 4.68 Å². The van der Waals surface area contributed by atoms with Crippen molar-refractivity contribution in [1.29, 1.82) is 0 Å². The minimum atomic E-state index is 0.138. The number of thiazole rings is 1. The second kappa shape index (κ2) is 6.20. The third-order valence-corrected chi connectivity index (χ3v) is 5.42. The number of benzene rings is 1. The lowest BCUT2D eigenvalue weighted by Gasteiger charge is -2.11. The van der Waals surface area contributed by atoms with Crippen molar-refractivity contribution in [3.63, 3.8) is 0 Å². The molecular formula is C17H21N5O2S. The Morgan fingerprint density at radius 2 is 2.24 bits per heavy atom. The maximum Gasteiger partial charge on any atom is 0.194 e. The molecule has 1 aliphatic rings. The van der Waals surface area contributed by atoms with Crippen LogP contribution in [0.1, 0.15) is 12.0 Å². The Morgan fingerprint density at radius 1 is 1.40 bits per heavy atom. The number of phenolic OH excluding ortho intramolecular Hbond substituents is 1. The molecule has 0 saturated carbocycles. The molecule has 132 valence electrons. The van der Waals surface area contributed by atoms with Gasteiger partial charge in [0.1, 0.15) is 17.2 Å². The van der Waals surface area contributed by atoms with Crippen LogP contribution in [0.2, 0.25) is 0 Å². The summed E-state index contributed by atoms with van der Waals surface area (Å²) in [5.74, 6) is 0.762. The summed E-state index contributed by atoms with van der Waals surface area (Å²) in [7, 11) is 3.71. The van der Waals surface area contributed by atoms with E-state index in [1.165, 1.54) is 0 Å². The molecule has 25 heavy (non-hydrogen) atoms. The highest BCUT2D eigenvalue weighted by Gasteiger charge is 2.21. The van der Waals surface area contributed by atoms with Gasteiger partial charge in [0.2, 0.25) is 0 Å². The minimum absolute atomic E-state index is 0.138. The number of likely N-dealkylation sites (N-methyl/N-ethyl adjacent to an activating group) is 1. The van der Waals surface area contributed by atoms with Gasteiger partial charge in [0.15, 0.2) is 10.8 Å². The zero-order valence-corrected chi connectivity index (χ0v) is 15.3. The summed E-state index contributed by atoms with van der Waals surface area (Å²) in [4.78, 5) is 6.90. The predicted molar refractivity (Wildman–Crippen MR) is 99.2 cm³/mol. The third-order valence-electron chi connectivity index (χ3n) is 4.51. The fraction of sp³-hybridized carbons (Fsp3) is 0.412. The molecule has 1 aliphatic heterocycles. The molecule has 0 amide bonds. The van der Waals surface area contributed by atoms with Crippen molar-refractivity contribution >= 4 is 26.8 Å². The zero-order chi connectivity index (χ0) is 17.6. The van der Waals surface area contributed by atoms with Crippen LogP contribution in [0.5, 0.6) is 11.5 Å². The van der Waals surface area contributed by atoms with E-state index in [1.807, 2.05) is 19.2 Å². The highest BCUT2D eigenvalue weighted by Crippen LogP contribution is 2.33. The molecule has 0 spiro atoms. The molecule has 7 nitrogen and oxygen atoms in total. The van der Waals surface area contributed by atoms with Crippen LogP contribution in [0.4, 0.5) is 5.13 Å². The van der Waals surface area contributed by atoms with Crippen LogP contribution < -0.4 is 10.1 Å². The van der Waals surface area contributed by atoms with Crippen molar-refractivity contribution < 1.29 is 9.84 Å². The van der Waals surface area contributed by atoms with Gasteiger partial charge in [-0.2, -0.15) is 4.98 Å². The Morgan fingerprint density at radius 3 is 2.88 bits per heavy atom. The van der Waals surface area contributed by atoms with Gasteiger partial charge in [-0.15, -0.1) is 5.10 Å². The molecule has 4 rings (SSSR count). The number of ether oxygens (including phenoxy) is 1. The van der Waals surface area contributed by atoms with Crippen LogP contribution >= 0.6 is 11.3 Å². The quantitative estimate of drug-likeness (QED) is 0.746. The Hall–Kier alpha value is -2.32. The van der Waals surface area contributed by atoms with Crippen molar-refractivity contribution in [2.75, 3.05) is 32.6 Å². The lowest BCUT2D eigenvalue weighted by molar-refractivity contribution is 0.406. The predicted octanol–water partition coefficient (Wildman–Crippen LogP) is 2.62. The summed E-state index contributed by atoms with van der Waals surface area (Å²) in [5, 5.41) is 19.2. The highest BCUT2D eigenvalue weighted by atomic mass is 32.1. The summed E-state index contributed by atoms with van der Waals surface area (Å²) in [6.45, 7) is 4.07. The molecule has 3 heterocycles. The van der Waals surface area contributed by atoms with Gasteiger partial charge in [0.05, 0.1) is 18.0 Å². The molecule has 0 radical (unpaired) electrons. The maximum absolute atomic E-state index is 10.3. The van der Waals surface area contributed by atoms with Crippen molar-refractivity contribution in [1.82, 2.24) is 19.7 Å². The molecule has 1 fully saturated rings. The SMILES string of the molecule is COc1cc(C)c(-n2cc3sc(NC4CCN(C)C4)nc3n2)c(O)c1. The van der Waals surface area contributed by atoms with E-state index in [2.05, 4.69) is 27.3 Å². The highest BCUT2D eigenvalue weighted by molar-refractivity contribution is 7.22. The van der Waals surface area contributed by atoms with E-state index in [0.29, 0.717) is 23.1 Å². The normalized spacial score (nSPS) is 18.1. The first-order chi connectivity index (χ1) is 12.0. The maximum atomic E-state index is 10.3. The topological polar surface area (TPSA) is 75.4 Å². The molecule has 2 N–H and O–H groups in total. The lowest BCUT2D eigenvalue weighted by Crippen LogP contribution is -2.23. The van der Waals surface area contributed by atoms with Crippen LogP contribution in [0.25, 0.3) is 16.0 Å². The first-order valence-corrected chi connectivity index (χ1v) is 9.04. The van der Waals surface area contributed by atoms with Crippen LogP contribution in [-0.4, -0.2) is 58.1 Å². The van der Waals surface area contributed by atoms with E-state index < -0.39 is 0 Å². The number of aryl methyl sites for hydroxylation is 1. The summed E-state index contributed by atoms with van der Waals surface area (Å²) in [6, 6.07) is 3.91. The summed E-state index contributed by atoms with van der Waals surface area (Å²) in [5.41, 5.74) is 2.23. The number of aromatic hydroxyl groups is 1. The van der Waals surface area contributed by atoms with E-state index in [4.69, 9.17) is 4.74 Å². The zero-order valence-electron chi connectivity index (χ0n) is 14.5. The number of rotatable bonds is 4. The second-order valence-corrected chi connectivity index (χ2v) is 7.52. The minimum Gasteiger partial charge on any atom is -0.506 e. The molecule has 1 aromatic carbocycles. The summed E-state index contributed by atoms with van der Waals surface area (Å²) < 4.78 is 7.86. The monoisotopic (exact) mass is 359 g/mol. The molecule has 8 heteroatoms. The van der Waals surface area contributed by atoms with Crippen LogP contribution in [0, 0.1) is 6.92 Å². The Bertz CT molecular complexity index is 865. The average molecular weight is 359 g/mol. The van der Waals surface area contributed by atoms with Gasteiger partial charge in [0, 0.05) is 18.7 Å². The Labute approximate surface area is 149 Å². The molecule has 1 atom stereocenters. The molecule has 1 unspecified atom stereocenters. The van der Waals surface area contributed by atoms with E-state index in [1.54, 1.807) is 29.2 Å². The fourth-order valence-corrected chi connectivity index (χ4v) is 4.17. The van der Waals surface area contributed by atoms with Crippen molar-refractivity contribution in [3.8, 4) is 17.2 Å². The number of fused-ring (bicyclic) bond motifs is 1. The molecule has 0 aliphatic carbocycles. The largest absolute Gasteiger partial charge is 0.506 e. The van der Waals surface area contributed by atoms with Gasteiger partial charge in [-0.05, 0) is 38.6 Å². The third kappa shape index (κ3) is 3.03. The molecule has 2 aromatic heterocycles. The van der Waals surface area contributed by atoms with E-state index >= 15 is 0 Å². The number of nitrogens with zero attached hydrogens (tertiary/aromatic N) is 4. The summed E-state index contributed by atoms with van der Waals surface area (Å²) in [6.07, 6.45) is 3.04. The molecular weight excluding hydrogens is 338 g/mol. The first kappa shape index (κ1) is 16.2. The molecule has 1 saturated heterocycles. The van der Waals surface area contributed by atoms with Crippen LogP contribution in [-0.2, 0) is 0 Å². The number of likely N-dealkylation sites (tertiary alicyclic amines) is 1. The van der Waals surface area contributed by atoms with Crippen molar-refractivity contribution in [3.05, 3.63) is 23.9 Å². The van der Waals surface area contributed by atoms with E-state index in [0.717, 1.165) is 34.9 Å². The Kier molecular flexibility index (Phi) is 4.01. The van der Waals surface area contributed by atoms with Gasteiger partial charge < -0.3 is 20.1 Å². The average Bonchev–Trinajstić information content (AvgIpc) is 3.22. The van der Waals surface area contributed by atoms with Crippen molar-refractivity contribution in [2.24, 2.45) is 0 Å². The number of anilines is 1. The van der Waals surface area contributed by atoms with Gasteiger partial charge in [0.25, 0.3) is 0 Å². The first-order valence-electron chi connectivity index (χ1n) is 8.23. The number of methoxy groups -OCH3 is 1. The van der Waals surface area contributed by atoms with E-state index in [9.17, 15) is 5.11 Å². The van der Waals surface area contributed by atoms with Gasteiger partial charge >= 0.3 is 0 Å². The summed E-state index contributed by atoms with van der Waals surface area (Å²) >= 11 is 1.59. The fourth-order valence-electron chi connectivity index (χ4n) is 3.27. The van der Waals surface area contributed by atoms with Crippen LogP contribution in [0.15, 0.2) is 18.3 Å². The smallest absolute Gasteiger partial charge is 0.194 e. The molecule has 0 bridgehead atoms. The second-order valence-electron chi connectivity index (χ2n) is 6.48. The number of phenols is 1. The van der Waals surface area contributed by atoms with E-state index in [-0.39, 0.29) is 5.75 Å². The van der Waals surface area contributed by atoms with Gasteiger partial charge in [-0.1, -0.05) is 11.3 Å². The lowest BCUT2D eigenvalue weighted by atomic mass is 10.1. The number of hydrogen-bond acceptors (Lipinski definition) is 7. The number of nitrogens with one attached hydrogen (secondary N) is 1. The van der Waals surface area contributed by atoms with Crippen LogP contribution in [0.3, 0.4) is 0 Å². The van der Waals surface area contributed by atoms with Crippen molar-refractivity contribution in [2.45, 2.75) is 19.4 Å². The number of hydrogen-bond donors (Lipinski definition) is 2. The Balaban J connectivity index is 1.61. The van der Waals surface area contributed by atoms with Gasteiger partial charge in [-0.3, -0.25) is 0 Å². The molecule has 3 aromatic rings. The number of aromatic nitrogens is 3. The standard InChI is InChI=1S/C17H21N5O2S/c1-10-6-12(24-3)7-13(23)15(10)22-9-14-16(20-22)19-17(25-14)18-11-4-5-21(2)8-11/h6-7,9,11,23H,4-5,8H2,1-3H3,(H,18,19,20).